The van der Waals surface area contributed by atoms with Gasteiger partial charge in [-0.15, -0.1) is 5.10 Å². The Kier molecular flexibility index (Phi) is 6.54. The van der Waals surface area contributed by atoms with Crippen LogP contribution in [0.5, 0.6) is 17.2 Å². The number of nitrogens with zero attached hydrogens (tertiary/aromatic N) is 4. The number of thioether (sulfide) groups is 1. The van der Waals surface area contributed by atoms with Gasteiger partial charge in [0.1, 0.15) is 22.9 Å². The van der Waals surface area contributed by atoms with Gasteiger partial charge in [-0.2, -0.15) is 4.68 Å². The van der Waals surface area contributed by atoms with Crippen LogP contribution in [0.3, 0.4) is 0 Å². The summed E-state index contributed by atoms with van der Waals surface area (Å²) in [6.45, 7) is 5.17. The summed E-state index contributed by atoms with van der Waals surface area (Å²) >= 11 is 1.53. The average Bonchev–Trinajstić information content (AvgIpc) is 3.15. The first-order chi connectivity index (χ1) is 13.2. The van der Waals surface area contributed by atoms with Crippen LogP contribution in [-0.4, -0.2) is 46.3 Å². The fraction of sp³-hybridized carbons (Fsp3) is 0.316. The molecule has 2 aromatic carbocycles. The van der Waals surface area contributed by atoms with Gasteiger partial charge in [0.15, 0.2) is 0 Å². The molecular weight excluding hydrogens is 364 g/mol. The molecule has 1 aromatic heterocycles. The Morgan fingerprint density at radius 1 is 1.04 bits per heavy atom. The number of hydrogen-bond acceptors (Lipinski definition) is 7. The van der Waals surface area contributed by atoms with Crippen molar-refractivity contribution in [3.05, 3.63) is 48.0 Å². The molecule has 0 saturated heterocycles. The van der Waals surface area contributed by atoms with Gasteiger partial charge in [0, 0.05) is 5.75 Å². The SMILES string of the molecule is CCOc1ccc(OCCSc2nnnn2-c2cc(C)ccc2OC)cc1. The highest BCUT2D eigenvalue weighted by Gasteiger charge is 2.13. The second kappa shape index (κ2) is 9.27. The third-order valence-corrected chi connectivity index (χ3v) is 4.60. The first-order valence-corrected chi connectivity index (χ1v) is 9.61. The maximum Gasteiger partial charge on any atom is 0.214 e. The van der Waals surface area contributed by atoms with Crippen LogP contribution in [0.25, 0.3) is 5.69 Å². The van der Waals surface area contributed by atoms with Crippen molar-refractivity contribution in [3.63, 3.8) is 0 Å². The van der Waals surface area contributed by atoms with Crippen molar-refractivity contribution in [2.45, 2.75) is 19.0 Å². The van der Waals surface area contributed by atoms with E-state index in [4.69, 9.17) is 14.2 Å². The maximum absolute atomic E-state index is 5.77. The lowest BCUT2D eigenvalue weighted by molar-refractivity contribution is 0.332. The number of benzene rings is 2. The quantitative estimate of drug-likeness (QED) is 0.411. The Hall–Kier alpha value is -2.74. The molecule has 0 aliphatic carbocycles. The van der Waals surface area contributed by atoms with Gasteiger partial charge in [-0.3, -0.25) is 0 Å². The minimum atomic E-state index is 0.538. The molecule has 0 amide bonds. The molecule has 1 heterocycles. The van der Waals surface area contributed by atoms with Crippen LogP contribution in [0, 0.1) is 6.92 Å². The van der Waals surface area contributed by atoms with E-state index in [2.05, 4.69) is 15.5 Å². The normalized spacial score (nSPS) is 10.6. The van der Waals surface area contributed by atoms with Crippen LogP contribution in [0.15, 0.2) is 47.6 Å². The summed E-state index contributed by atoms with van der Waals surface area (Å²) in [5.74, 6) is 3.08. The second-order valence-corrected chi connectivity index (χ2v) is 6.71. The first-order valence-electron chi connectivity index (χ1n) is 8.63. The number of methoxy groups -OCH3 is 1. The van der Waals surface area contributed by atoms with Crippen LogP contribution in [-0.2, 0) is 0 Å². The second-order valence-electron chi connectivity index (χ2n) is 5.65. The van der Waals surface area contributed by atoms with Crippen LogP contribution in [0.2, 0.25) is 0 Å². The van der Waals surface area contributed by atoms with Crippen molar-refractivity contribution in [3.8, 4) is 22.9 Å². The van der Waals surface area contributed by atoms with Gasteiger partial charge < -0.3 is 14.2 Å². The van der Waals surface area contributed by atoms with Crippen LogP contribution in [0.1, 0.15) is 12.5 Å². The molecule has 27 heavy (non-hydrogen) atoms. The van der Waals surface area contributed by atoms with Gasteiger partial charge in [-0.25, -0.2) is 0 Å². The van der Waals surface area contributed by atoms with Crippen LogP contribution in [0.4, 0.5) is 0 Å². The summed E-state index contributed by atoms with van der Waals surface area (Å²) in [7, 11) is 1.63. The Balaban J connectivity index is 1.59. The standard InChI is InChI=1S/C19H22N4O3S/c1-4-25-15-6-8-16(9-7-15)26-11-12-27-19-20-21-22-23(19)17-13-14(2)5-10-18(17)24-3/h5-10,13H,4,11-12H2,1-3H3. The fourth-order valence-corrected chi connectivity index (χ4v) is 3.18. The van der Waals surface area contributed by atoms with E-state index in [1.54, 1.807) is 11.8 Å². The average molecular weight is 386 g/mol. The number of hydrogen-bond donors (Lipinski definition) is 0. The molecule has 0 saturated carbocycles. The molecule has 0 bridgehead atoms. The van der Waals surface area contributed by atoms with E-state index < -0.39 is 0 Å². The maximum atomic E-state index is 5.77. The van der Waals surface area contributed by atoms with Crippen molar-refractivity contribution in [1.29, 1.82) is 0 Å². The molecule has 0 N–H and O–H groups in total. The monoisotopic (exact) mass is 386 g/mol. The topological polar surface area (TPSA) is 71.3 Å². The molecule has 8 heteroatoms. The van der Waals surface area contributed by atoms with Gasteiger partial charge >= 0.3 is 0 Å². The predicted molar refractivity (Wildman–Crippen MR) is 104 cm³/mol. The molecule has 0 radical (unpaired) electrons. The lowest BCUT2D eigenvalue weighted by Gasteiger charge is -2.10. The molecule has 3 aromatic rings. The van der Waals surface area contributed by atoms with Crippen molar-refractivity contribution >= 4 is 11.8 Å². The summed E-state index contributed by atoms with van der Waals surface area (Å²) in [6, 6.07) is 13.5. The van der Waals surface area contributed by atoms with Gasteiger partial charge in [-0.1, -0.05) is 17.8 Å². The summed E-state index contributed by atoms with van der Waals surface area (Å²) < 4.78 is 18.3. The molecule has 0 spiro atoms. The van der Waals surface area contributed by atoms with E-state index in [0.29, 0.717) is 24.1 Å². The lowest BCUT2D eigenvalue weighted by Crippen LogP contribution is -2.05. The smallest absolute Gasteiger partial charge is 0.214 e. The molecule has 0 aliphatic heterocycles. The highest BCUT2D eigenvalue weighted by molar-refractivity contribution is 7.99. The number of rotatable bonds is 9. The molecule has 7 nitrogen and oxygen atoms in total. The highest BCUT2D eigenvalue weighted by atomic mass is 32.2. The van der Waals surface area contributed by atoms with Crippen molar-refractivity contribution in [2.24, 2.45) is 0 Å². The van der Waals surface area contributed by atoms with Crippen molar-refractivity contribution < 1.29 is 14.2 Å². The first kappa shape index (κ1) is 19.0. The van der Waals surface area contributed by atoms with E-state index in [-0.39, 0.29) is 0 Å². The Labute approximate surface area is 162 Å². The summed E-state index contributed by atoms with van der Waals surface area (Å²) in [6.07, 6.45) is 0. The van der Waals surface area contributed by atoms with E-state index in [1.807, 2.05) is 56.3 Å². The third-order valence-electron chi connectivity index (χ3n) is 3.72. The van der Waals surface area contributed by atoms with Crippen molar-refractivity contribution in [2.75, 3.05) is 26.1 Å². The van der Waals surface area contributed by atoms with Gasteiger partial charge in [0.25, 0.3) is 0 Å². The van der Waals surface area contributed by atoms with E-state index in [0.717, 1.165) is 28.5 Å². The molecule has 0 atom stereocenters. The van der Waals surface area contributed by atoms with E-state index in [9.17, 15) is 0 Å². The summed E-state index contributed by atoms with van der Waals surface area (Å²) in [5.41, 5.74) is 1.92. The Bertz CT molecular complexity index is 868. The van der Waals surface area contributed by atoms with Gasteiger partial charge in [0.2, 0.25) is 5.16 Å². The molecular formula is C19H22N4O3S. The van der Waals surface area contributed by atoms with Crippen LogP contribution >= 0.6 is 11.8 Å². The summed E-state index contributed by atoms with van der Waals surface area (Å²) in [5, 5.41) is 12.7. The number of aromatic nitrogens is 4. The van der Waals surface area contributed by atoms with Gasteiger partial charge in [-0.05, 0) is 66.2 Å². The Morgan fingerprint density at radius 3 is 2.48 bits per heavy atom. The molecule has 3 rings (SSSR count). The lowest BCUT2D eigenvalue weighted by atomic mass is 10.2. The molecule has 142 valence electrons. The minimum absolute atomic E-state index is 0.538. The van der Waals surface area contributed by atoms with E-state index in [1.165, 1.54) is 11.8 Å². The summed E-state index contributed by atoms with van der Waals surface area (Å²) in [4.78, 5) is 0. The predicted octanol–water partition coefficient (Wildman–Crippen LogP) is 3.55. The highest BCUT2D eigenvalue weighted by Crippen LogP contribution is 2.27. The largest absolute Gasteiger partial charge is 0.494 e. The molecule has 0 unspecified atom stereocenters. The van der Waals surface area contributed by atoms with Crippen molar-refractivity contribution in [1.82, 2.24) is 20.2 Å². The third kappa shape index (κ3) is 4.91. The number of tetrazole rings is 1. The zero-order valence-corrected chi connectivity index (χ0v) is 16.4. The fourth-order valence-electron chi connectivity index (χ4n) is 2.48. The zero-order valence-electron chi connectivity index (χ0n) is 15.6. The number of aryl methyl sites for hydroxylation is 1. The van der Waals surface area contributed by atoms with Gasteiger partial charge in [0.05, 0.1) is 20.3 Å². The molecule has 0 fully saturated rings. The zero-order chi connectivity index (χ0) is 19.1. The minimum Gasteiger partial charge on any atom is -0.494 e. The Morgan fingerprint density at radius 2 is 1.78 bits per heavy atom. The van der Waals surface area contributed by atoms with Crippen LogP contribution < -0.4 is 14.2 Å². The molecule has 0 aliphatic rings. The van der Waals surface area contributed by atoms with E-state index >= 15 is 0 Å². The number of ether oxygens (including phenoxy) is 3.